The average molecular weight is 978 g/mol. The predicted octanol–water partition coefficient (Wildman–Crippen LogP) is 11.1. The van der Waals surface area contributed by atoms with Gasteiger partial charge in [0.2, 0.25) is 5.88 Å². The Hall–Kier alpha value is -5.28. The number of carbonyl (C=O) groups is 1. The van der Waals surface area contributed by atoms with Crippen molar-refractivity contribution >= 4 is 39.5 Å². The summed E-state index contributed by atoms with van der Waals surface area (Å²) in [5.41, 5.74) is 11.5. The number of nitrogens with zero attached hydrogens (tertiary/aromatic N) is 6. The van der Waals surface area contributed by atoms with Gasteiger partial charge in [-0.25, -0.2) is 4.39 Å². The fraction of sp³-hybridized carbons (Fsp3) is 0.564. The van der Waals surface area contributed by atoms with E-state index in [4.69, 9.17) is 30.6 Å². The minimum Gasteiger partial charge on any atom is -0.508 e. The summed E-state index contributed by atoms with van der Waals surface area (Å²) in [5, 5.41) is 20.4. The molecule has 4 aliphatic rings. The number of carbonyl (C=O) groups excluding carboxylic acids is 1. The number of ether oxygens (including phenoxy) is 1. The second kappa shape index (κ2) is 26.2. The number of hydrogen-bond donors (Lipinski definition) is 3. The number of phenolic OH excluding ortho intramolecular Hbond substituents is 1. The van der Waals surface area contributed by atoms with E-state index in [1.807, 2.05) is 73.6 Å². The van der Waals surface area contributed by atoms with E-state index in [0.717, 1.165) is 48.0 Å². The van der Waals surface area contributed by atoms with Gasteiger partial charge in [0.15, 0.2) is 0 Å². The summed E-state index contributed by atoms with van der Waals surface area (Å²) in [6.45, 7) is 20.4. The van der Waals surface area contributed by atoms with Gasteiger partial charge in [-0.2, -0.15) is 18.2 Å². The van der Waals surface area contributed by atoms with Gasteiger partial charge in [0.1, 0.15) is 23.4 Å². The Balaban J connectivity index is 0.00000169. The molecule has 2 aromatic carbocycles. The van der Waals surface area contributed by atoms with Gasteiger partial charge >= 0.3 is 6.18 Å². The van der Waals surface area contributed by atoms with Crippen LogP contribution in [0.3, 0.4) is 0 Å². The van der Waals surface area contributed by atoms with E-state index in [-0.39, 0.29) is 48.8 Å². The summed E-state index contributed by atoms with van der Waals surface area (Å²) in [6.07, 6.45) is 8.90. The van der Waals surface area contributed by atoms with E-state index in [0.29, 0.717) is 104 Å². The van der Waals surface area contributed by atoms with Crippen LogP contribution in [0.2, 0.25) is 0 Å². The molecule has 4 N–H and O–H groups in total. The molecule has 386 valence electrons. The van der Waals surface area contributed by atoms with Crippen molar-refractivity contribution in [2.45, 2.75) is 138 Å². The van der Waals surface area contributed by atoms with Crippen LogP contribution in [-0.4, -0.2) is 126 Å². The van der Waals surface area contributed by atoms with Crippen molar-refractivity contribution in [3.63, 3.8) is 0 Å². The number of amides is 1. The highest BCUT2D eigenvalue weighted by atomic mass is 19.4. The summed E-state index contributed by atoms with van der Waals surface area (Å²) in [4.78, 5) is 33.5. The Morgan fingerprint density at radius 3 is 2.39 bits per heavy atom. The number of allylic oxidation sites excluding steroid dienone is 5. The number of phenols is 1. The lowest BCUT2D eigenvalue weighted by Crippen LogP contribution is -2.44. The lowest BCUT2D eigenvalue weighted by Gasteiger charge is -2.32. The fourth-order valence-electron chi connectivity index (χ4n) is 9.01. The van der Waals surface area contributed by atoms with E-state index in [2.05, 4.69) is 11.8 Å². The number of likely N-dealkylation sites (N-methyl/N-ethyl adjacent to an activating group) is 1. The van der Waals surface area contributed by atoms with Crippen molar-refractivity contribution in [3.05, 3.63) is 93.8 Å². The molecule has 2 aliphatic carbocycles. The number of aliphatic hydroxyl groups is 1. The van der Waals surface area contributed by atoms with Crippen molar-refractivity contribution in [1.29, 1.82) is 0 Å². The molecule has 1 atom stereocenters. The molecule has 0 spiro atoms. The van der Waals surface area contributed by atoms with Crippen molar-refractivity contribution < 1.29 is 37.3 Å². The SMILES string of the molecule is C/C=C1\C(=NC(C)C)C(c2cc(O)cc3ccc(F)c(CC)c23)=CC(C)=C1/C(=N\C(=C\CCC)OCC1(CN2CCCC2C(F)(F)F)CC1)N1CCCN=C(/C=C(\N)C(=O)N(C)C)C1.CC.CCCO. The molecule has 1 amide bonds. The standard InChI is InChI=1S/C50H65F4N7O3.C3H8O.C2H6/c1-9-12-16-43(64-30-49(19-20-49)29-61-22-13-15-42(61)50(52,53)54)58-47(60-23-14-21-56-34(28-60)26-41(55)48(63)59(7)8)44-32(6)24-39(46(37(44)11-3)57-31(4)5)38-27-35(62)25-33-17-18-40(51)36(10-2)45(33)38;1-2-3-4;1-2/h11,16-18,24-27,31,42,62H,9-10,12-15,19-23,28-30,55H2,1-8H3;4H,2-3H2,1H3;1-2H3/b37-11-,41-26-,43-16-,57-46?,58-47+;;. The van der Waals surface area contributed by atoms with E-state index in [9.17, 15) is 23.1 Å². The Labute approximate surface area is 414 Å². The van der Waals surface area contributed by atoms with Crippen molar-refractivity contribution in [2.24, 2.45) is 26.1 Å². The molecule has 1 saturated heterocycles. The largest absolute Gasteiger partial charge is 0.508 e. The third-order valence-corrected chi connectivity index (χ3v) is 12.6. The van der Waals surface area contributed by atoms with E-state index >= 15 is 4.39 Å². The van der Waals surface area contributed by atoms with Crippen LogP contribution < -0.4 is 5.73 Å². The smallest absolute Gasteiger partial charge is 0.404 e. The third kappa shape index (κ3) is 14.6. The highest BCUT2D eigenvalue weighted by Gasteiger charge is 2.52. The van der Waals surface area contributed by atoms with Gasteiger partial charge in [0.05, 0.1) is 30.3 Å². The van der Waals surface area contributed by atoms with E-state index in [1.165, 1.54) is 11.0 Å². The average Bonchev–Trinajstić information content (AvgIpc) is 3.99. The Kier molecular flexibility index (Phi) is 21.5. The second-order valence-corrected chi connectivity index (χ2v) is 18.8. The minimum absolute atomic E-state index is 0.0454. The maximum atomic E-state index is 15.6. The summed E-state index contributed by atoms with van der Waals surface area (Å²) in [7, 11) is 3.28. The van der Waals surface area contributed by atoms with Crippen LogP contribution in [0.15, 0.2) is 91.8 Å². The Morgan fingerprint density at radius 1 is 1.10 bits per heavy atom. The number of aryl methyl sites for hydroxylation is 1. The zero-order valence-corrected chi connectivity index (χ0v) is 43.6. The maximum Gasteiger partial charge on any atom is 0.404 e. The molecule has 1 unspecified atom stereocenters. The lowest BCUT2D eigenvalue weighted by atomic mass is 9.80. The summed E-state index contributed by atoms with van der Waals surface area (Å²) < 4.78 is 64.3. The van der Waals surface area contributed by atoms with Crippen LogP contribution in [0.1, 0.15) is 125 Å². The molecule has 1 saturated carbocycles. The van der Waals surface area contributed by atoms with Crippen LogP contribution in [0, 0.1) is 11.2 Å². The van der Waals surface area contributed by atoms with Crippen LogP contribution >= 0.6 is 0 Å². The molecular weight excluding hydrogens is 899 g/mol. The molecule has 0 bridgehead atoms. The number of nitrogens with two attached hydrogens (primary N) is 1. The van der Waals surface area contributed by atoms with E-state index < -0.39 is 17.6 Å². The lowest BCUT2D eigenvalue weighted by molar-refractivity contribution is -0.178. The van der Waals surface area contributed by atoms with Crippen LogP contribution in [0.25, 0.3) is 16.3 Å². The van der Waals surface area contributed by atoms with Crippen molar-refractivity contribution in [1.82, 2.24) is 14.7 Å². The molecule has 70 heavy (non-hydrogen) atoms. The number of halogens is 4. The summed E-state index contributed by atoms with van der Waals surface area (Å²) in [6, 6.07) is 4.85. The maximum absolute atomic E-state index is 15.6. The number of rotatable bonds is 15. The zero-order valence-electron chi connectivity index (χ0n) is 43.6. The van der Waals surface area contributed by atoms with Gasteiger partial charge in [0.25, 0.3) is 5.91 Å². The number of aromatic hydroxyl groups is 1. The van der Waals surface area contributed by atoms with Gasteiger partial charge in [-0.05, 0) is 150 Å². The molecule has 2 aliphatic heterocycles. The predicted molar refractivity (Wildman–Crippen MR) is 279 cm³/mol. The number of unbranched alkanes of at least 4 members (excludes halogenated alkanes) is 1. The molecule has 0 aromatic heterocycles. The number of hydrogen-bond acceptors (Lipinski definition) is 9. The first-order valence-electron chi connectivity index (χ1n) is 25.2. The van der Waals surface area contributed by atoms with Gasteiger partial charge in [-0.15, -0.1) is 0 Å². The number of benzene rings is 2. The van der Waals surface area contributed by atoms with Crippen LogP contribution in [0.4, 0.5) is 17.6 Å². The molecule has 15 heteroatoms. The van der Waals surface area contributed by atoms with Gasteiger partial charge in [-0.1, -0.05) is 53.2 Å². The minimum atomic E-state index is -4.28. The molecular formula is C55H79F4N7O4. The molecule has 2 heterocycles. The third-order valence-electron chi connectivity index (χ3n) is 12.6. The van der Waals surface area contributed by atoms with Gasteiger partial charge < -0.3 is 30.5 Å². The zero-order chi connectivity index (χ0) is 51.9. The second-order valence-electron chi connectivity index (χ2n) is 18.8. The molecule has 6 rings (SSSR count). The highest BCUT2D eigenvalue weighted by molar-refractivity contribution is 6.39. The van der Waals surface area contributed by atoms with Crippen LogP contribution in [-0.2, 0) is 16.0 Å². The normalized spacial score (nSPS) is 20.2. The van der Waals surface area contributed by atoms with Crippen molar-refractivity contribution in [2.75, 3.05) is 60.0 Å². The number of aliphatic imine (C=N–C) groups is 3. The first kappa shape index (κ1) is 57.3. The molecule has 0 radical (unpaired) electrons. The highest BCUT2D eigenvalue weighted by Crippen LogP contribution is 2.49. The number of fused-ring (bicyclic) bond motifs is 1. The quantitative estimate of drug-likeness (QED) is 0.0531. The number of amidine groups is 1. The van der Waals surface area contributed by atoms with Crippen LogP contribution in [0.5, 0.6) is 5.75 Å². The number of aliphatic hydroxyl groups excluding tert-OH is 1. The van der Waals surface area contributed by atoms with Gasteiger partial charge in [0, 0.05) is 68.5 Å². The first-order chi connectivity index (χ1) is 33.3. The Bertz CT molecular complexity index is 2390. The first-order valence-corrected chi connectivity index (χ1v) is 25.2. The number of alkyl halides is 3. The molecule has 2 fully saturated rings. The molecule has 2 aromatic rings. The number of likely N-dealkylation sites (tertiary alicyclic amines) is 1. The summed E-state index contributed by atoms with van der Waals surface area (Å²) in [5.74, 6) is 0.323. The molecule has 11 nitrogen and oxygen atoms in total. The fourth-order valence-corrected chi connectivity index (χ4v) is 9.01. The van der Waals surface area contributed by atoms with Gasteiger partial charge in [-0.3, -0.25) is 19.7 Å². The van der Waals surface area contributed by atoms with Crippen molar-refractivity contribution in [3.8, 4) is 5.75 Å². The topological polar surface area (TPSA) is 140 Å². The Morgan fingerprint density at radius 2 is 1.80 bits per heavy atom. The monoisotopic (exact) mass is 978 g/mol. The van der Waals surface area contributed by atoms with E-state index in [1.54, 1.807) is 43.3 Å². The summed E-state index contributed by atoms with van der Waals surface area (Å²) >= 11 is 0.